The Hall–Kier alpha value is -2.32. The topological polar surface area (TPSA) is 80.7 Å². The molecule has 2 rings (SSSR count). The number of alkyl halides is 2. The number of carbonyl (C=O) groups excluding carboxylic acids is 1. The second-order valence-electron chi connectivity index (χ2n) is 4.99. The van der Waals surface area contributed by atoms with Crippen molar-refractivity contribution in [2.45, 2.75) is 11.7 Å². The summed E-state index contributed by atoms with van der Waals surface area (Å²) < 4.78 is 60.6. The Bertz CT molecular complexity index is 890. The number of carbonyl (C=O) groups is 1. The first-order chi connectivity index (χ1) is 11.1. The Morgan fingerprint density at radius 2 is 1.83 bits per heavy atom. The smallest absolute Gasteiger partial charge is 0.426 e. The summed E-state index contributed by atoms with van der Waals surface area (Å²) in [6.45, 7) is 3.23. The molecule has 0 aliphatic heterocycles. The van der Waals surface area contributed by atoms with Crippen molar-refractivity contribution in [3.05, 3.63) is 48.5 Å². The van der Waals surface area contributed by atoms with Crippen LogP contribution in [0.3, 0.4) is 0 Å². The molecule has 2 aromatic rings. The summed E-state index contributed by atoms with van der Waals surface area (Å²) in [5.41, 5.74) is 0.939. The molecule has 0 unspecified atom stereocenters. The Labute approximate surface area is 137 Å². The average molecular weight is 356 g/mol. The van der Waals surface area contributed by atoms with Crippen LogP contribution in [-0.4, -0.2) is 30.6 Å². The minimum Gasteiger partial charge on any atom is -0.493 e. The highest BCUT2D eigenvalue weighted by molar-refractivity contribution is 7.87. The van der Waals surface area contributed by atoms with E-state index in [1.807, 2.05) is 18.2 Å². The van der Waals surface area contributed by atoms with Crippen molar-refractivity contribution in [2.75, 3.05) is 6.61 Å². The summed E-state index contributed by atoms with van der Waals surface area (Å²) in [6.07, 6.45) is 0.838. The van der Waals surface area contributed by atoms with E-state index in [-0.39, 0.29) is 0 Å². The largest absolute Gasteiger partial charge is 0.493 e. The van der Waals surface area contributed by atoms with E-state index < -0.39 is 34.2 Å². The lowest BCUT2D eigenvalue weighted by Crippen LogP contribution is -2.38. The number of fused-ring (bicyclic) bond motifs is 1. The summed E-state index contributed by atoms with van der Waals surface area (Å²) >= 11 is 0. The van der Waals surface area contributed by atoms with Gasteiger partial charge in [0, 0.05) is 6.42 Å². The van der Waals surface area contributed by atoms with Gasteiger partial charge in [0.1, 0.15) is 5.75 Å². The number of benzene rings is 2. The van der Waals surface area contributed by atoms with Crippen molar-refractivity contribution in [2.24, 2.45) is 0 Å². The van der Waals surface area contributed by atoms with Gasteiger partial charge in [0.05, 0.1) is 6.61 Å². The van der Waals surface area contributed by atoms with Crippen molar-refractivity contribution >= 4 is 32.7 Å². The van der Waals surface area contributed by atoms with Gasteiger partial charge in [-0.15, -0.1) is 0 Å². The van der Waals surface area contributed by atoms with Crippen molar-refractivity contribution in [3.8, 4) is 5.75 Å². The highest BCUT2D eigenvalue weighted by atomic mass is 32.2. The van der Waals surface area contributed by atoms with Crippen molar-refractivity contribution < 1.29 is 31.3 Å². The van der Waals surface area contributed by atoms with Crippen LogP contribution >= 0.6 is 0 Å². The Kier molecular flexibility index (Phi) is 5.00. The molecule has 128 valence electrons. The summed E-state index contributed by atoms with van der Waals surface area (Å²) in [5.74, 6) is -1.58. The summed E-state index contributed by atoms with van der Waals surface area (Å²) in [4.78, 5) is 11.2. The Morgan fingerprint density at radius 3 is 2.46 bits per heavy atom. The predicted molar refractivity (Wildman–Crippen MR) is 85.7 cm³/mol. The lowest BCUT2D eigenvalue weighted by molar-refractivity contribution is -0.134. The zero-order valence-electron chi connectivity index (χ0n) is 12.4. The first-order valence-electron chi connectivity index (χ1n) is 6.82. The highest BCUT2D eigenvalue weighted by Crippen LogP contribution is 2.25. The second-order valence-corrected chi connectivity index (χ2v) is 6.45. The van der Waals surface area contributed by atoms with Crippen LogP contribution in [0.25, 0.3) is 16.8 Å². The predicted octanol–water partition coefficient (Wildman–Crippen LogP) is 3.30. The van der Waals surface area contributed by atoms with Gasteiger partial charge >= 0.3 is 15.4 Å². The maximum atomic E-state index is 13.1. The molecule has 0 radical (unpaired) electrons. The maximum absolute atomic E-state index is 13.1. The van der Waals surface area contributed by atoms with Crippen molar-refractivity contribution in [1.82, 2.24) is 0 Å². The molecule has 2 aromatic carbocycles. The molecule has 0 aliphatic rings. The van der Waals surface area contributed by atoms with Crippen LogP contribution in [0.15, 0.2) is 43.0 Å². The molecule has 0 saturated heterocycles. The minimum absolute atomic E-state index is 0.344. The molecular formula is C16H14F2O5S. The van der Waals surface area contributed by atoms with Crippen LogP contribution in [0.4, 0.5) is 8.78 Å². The number of ketones is 1. The average Bonchev–Trinajstić information content (AvgIpc) is 2.53. The van der Waals surface area contributed by atoms with Gasteiger partial charge in [-0.05, 0) is 34.5 Å². The van der Waals surface area contributed by atoms with Gasteiger partial charge in [0.15, 0.2) is 0 Å². The first-order valence-corrected chi connectivity index (χ1v) is 8.26. The van der Waals surface area contributed by atoms with Crippen LogP contribution in [0.5, 0.6) is 5.75 Å². The molecule has 0 heterocycles. The zero-order chi connectivity index (χ0) is 18.0. The fraction of sp³-hybridized carbons (Fsp3) is 0.188. The summed E-state index contributed by atoms with van der Waals surface area (Å²) in [7, 11) is -5.78. The van der Waals surface area contributed by atoms with Crippen molar-refractivity contribution in [3.63, 3.8) is 0 Å². The molecule has 5 nitrogen and oxygen atoms in total. The van der Waals surface area contributed by atoms with Gasteiger partial charge in [0.25, 0.3) is 0 Å². The van der Waals surface area contributed by atoms with Crippen LogP contribution < -0.4 is 4.74 Å². The molecule has 0 spiro atoms. The number of halogens is 2. The third-order valence-corrected chi connectivity index (χ3v) is 4.19. The van der Waals surface area contributed by atoms with Crippen LogP contribution in [0.1, 0.15) is 12.0 Å². The van der Waals surface area contributed by atoms with E-state index >= 15 is 0 Å². The minimum atomic E-state index is -5.78. The molecule has 24 heavy (non-hydrogen) atoms. The number of Topliss-reactive ketones (excluding diaryl/α,β-unsaturated/α-hetero) is 1. The zero-order valence-corrected chi connectivity index (χ0v) is 13.2. The number of hydrogen-bond acceptors (Lipinski definition) is 4. The molecule has 0 aromatic heterocycles. The van der Waals surface area contributed by atoms with Gasteiger partial charge in [-0.3, -0.25) is 9.35 Å². The van der Waals surface area contributed by atoms with Crippen LogP contribution in [0.2, 0.25) is 0 Å². The molecule has 0 aliphatic carbocycles. The van der Waals surface area contributed by atoms with E-state index in [0.717, 1.165) is 16.3 Å². The van der Waals surface area contributed by atoms with Crippen molar-refractivity contribution in [1.29, 1.82) is 0 Å². The van der Waals surface area contributed by atoms with E-state index in [1.54, 1.807) is 24.3 Å². The quantitative estimate of drug-likeness (QED) is 0.770. The molecule has 8 heteroatoms. The fourth-order valence-corrected chi connectivity index (χ4v) is 2.40. The van der Waals surface area contributed by atoms with Crippen LogP contribution in [0, 0.1) is 0 Å². The molecule has 0 amide bonds. The first kappa shape index (κ1) is 18.0. The monoisotopic (exact) mass is 356 g/mol. The molecular weight excluding hydrogens is 342 g/mol. The lowest BCUT2D eigenvalue weighted by atomic mass is 10.1. The SMILES string of the molecule is C=Cc1ccc2cc(OCCC(=O)C(F)(F)S(=O)(=O)O)ccc2c1. The third-order valence-electron chi connectivity index (χ3n) is 3.32. The van der Waals surface area contributed by atoms with E-state index in [0.29, 0.717) is 5.75 Å². The molecule has 1 N–H and O–H groups in total. The summed E-state index contributed by atoms with van der Waals surface area (Å²) in [5, 5.41) is -3.07. The third kappa shape index (κ3) is 3.77. The number of ether oxygens (including phenoxy) is 1. The van der Waals surface area contributed by atoms with E-state index in [4.69, 9.17) is 9.29 Å². The van der Waals surface area contributed by atoms with Gasteiger partial charge in [-0.1, -0.05) is 30.9 Å². The van der Waals surface area contributed by atoms with Gasteiger partial charge in [-0.2, -0.15) is 17.2 Å². The molecule has 0 bridgehead atoms. The molecule has 0 atom stereocenters. The van der Waals surface area contributed by atoms with E-state index in [2.05, 4.69) is 6.58 Å². The molecule has 0 fully saturated rings. The number of hydrogen-bond donors (Lipinski definition) is 1. The van der Waals surface area contributed by atoms with E-state index in [1.165, 1.54) is 0 Å². The van der Waals surface area contributed by atoms with E-state index in [9.17, 15) is 22.0 Å². The maximum Gasteiger partial charge on any atom is 0.426 e. The van der Waals surface area contributed by atoms with Gasteiger partial charge in [0.2, 0.25) is 5.78 Å². The highest BCUT2D eigenvalue weighted by Gasteiger charge is 2.51. The lowest BCUT2D eigenvalue weighted by Gasteiger charge is -2.12. The molecule has 0 saturated carbocycles. The second kappa shape index (κ2) is 6.66. The van der Waals surface area contributed by atoms with Gasteiger partial charge in [-0.25, -0.2) is 0 Å². The fourth-order valence-electron chi connectivity index (χ4n) is 2.01. The summed E-state index contributed by atoms with van der Waals surface area (Å²) in [6, 6.07) is 10.6. The normalized spacial score (nSPS) is 12.1. The Balaban J connectivity index is 2.04. The standard InChI is InChI=1S/C16H14F2O5S/c1-2-11-3-4-13-10-14(6-5-12(13)9-11)23-8-7-15(19)16(17,18)24(20,21)22/h2-6,9-10H,1,7-8H2,(H,20,21,22). The van der Waals surface area contributed by atoms with Gasteiger partial charge < -0.3 is 4.74 Å². The van der Waals surface area contributed by atoms with Crippen LogP contribution in [-0.2, 0) is 14.9 Å². The number of rotatable bonds is 7. The Morgan fingerprint density at radius 1 is 1.21 bits per heavy atom.